The lowest BCUT2D eigenvalue weighted by atomic mass is 10.1. The van der Waals surface area contributed by atoms with Gasteiger partial charge in [0.1, 0.15) is 4.99 Å². The number of halogens is 2. The molecule has 19 heavy (non-hydrogen) atoms. The van der Waals surface area contributed by atoms with E-state index in [1.807, 2.05) is 37.3 Å². The molecule has 0 heterocycles. The van der Waals surface area contributed by atoms with Gasteiger partial charge in [0, 0.05) is 15.1 Å². The third kappa shape index (κ3) is 3.26. The van der Waals surface area contributed by atoms with Gasteiger partial charge < -0.3 is 11.1 Å². The first-order chi connectivity index (χ1) is 8.99. The summed E-state index contributed by atoms with van der Waals surface area (Å²) in [5.74, 6) is 0. The van der Waals surface area contributed by atoms with Crippen LogP contribution in [0, 0.1) is 6.92 Å². The highest BCUT2D eigenvalue weighted by molar-refractivity contribution is 9.10. The average molecular weight is 356 g/mol. The average Bonchev–Trinajstić information content (AvgIpc) is 2.35. The van der Waals surface area contributed by atoms with Gasteiger partial charge in [0.15, 0.2) is 0 Å². The fourth-order valence-corrected chi connectivity index (χ4v) is 2.44. The first-order valence-corrected chi connectivity index (χ1v) is 7.18. The van der Waals surface area contributed by atoms with Gasteiger partial charge in [-0.05, 0) is 52.7 Å². The van der Waals surface area contributed by atoms with Crippen LogP contribution in [0.3, 0.4) is 0 Å². The Morgan fingerprint density at radius 1 is 1.26 bits per heavy atom. The van der Waals surface area contributed by atoms with Crippen LogP contribution in [-0.2, 0) is 0 Å². The molecule has 0 aliphatic rings. The van der Waals surface area contributed by atoms with Gasteiger partial charge in [0.05, 0.1) is 11.4 Å². The van der Waals surface area contributed by atoms with Gasteiger partial charge in [-0.15, -0.1) is 0 Å². The molecule has 98 valence electrons. The van der Waals surface area contributed by atoms with Gasteiger partial charge in [-0.25, -0.2) is 0 Å². The van der Waals surface area contributed by atoms with E-state index >= 15 is 0 Å². The van der Waals surface area contributed by atoms with E-state index in [1.54, 1.807) is 6.07 Å². The van der Waals surface area contributed by atoms with Crippen molar-refractivity contribution in [2.75, 3.05) is 5.32 Å². The molecule has 2 nitrogen and oxygen atoms in total. The highest BCUT2D eigenvalue weighted by Crippen LogP contribution is 2.31. The zero-order valence-corrected chi connectivity index (χ0v) is 13.4. The van der Waals surface area contributed by atoms with Crippen molar-refractivity contribution in [3.63, 3.8) is 0 Å². The van der Waals surface area contributed by atoms with E-state index in [0.29, 0.717) is 10.0 Å². The fraction of sp³-hybridized carbons (Fsp3) is 0.0714. The Bertz CT molecular complexity index is 643. The third-order valence-electron chi connectivity index (χ3n) is 2.71. The van der Waals surface area contributed by atoms with Crippen molar-refractivity contribution in [1.82, 2.24) is 0 Å². The molecule has 0 aliphatic heterocycles. The molecule has 5 heteroatoms. The molecule has 0 radical (unpaired) electrons. The van der Waals surface area contributed by atoms with E-state index < -0.39 is 0 Å². The van der Waals surface area contributed by atoms with Crippen LogP contribution in [0.4, 0.5) is 11.4 Å². The standard InChI is InChI=1S/C14H12BrClN2S/c1-8-3-2-4-11(13(8)15)18-12-7-9(16)5-6-10(12)14(17)19/h2-7,18H,1H3,(H2,17,19). The summed E-state index contributed by atoms with van der Waals surface area (Å²) in [7, 11) is 0. The zero-order chi connectivity index (χ0) is 14.0. The first kappa shape index (κ1) is 14.3. The number of aryl methyl sites for hydroxylation is 1. The molecule has 0 aromatic heterocycles. The fourth-order valence-electron chi connectivity index (χ4n) is 1.72. The van der Waals surface area contributed by atoms with E-state index in [9.17, 15) is 0 Å². The van der Waals surface area contributed by atoms with Gasteiger partial charge in [0.2, 0.25) is 0 Å². The molecule has 2 aromatic carbocycles. The molecule has 0 aliphatic carbocycles. The van der Waals surface area contributed by atoms with Crippen LogP contribution in [0.5, 0.6) is 0 Å². The Morgan fingerprint density at radius 3 is 2.68 bits per heavy atom. The Kier molecular flexibility index (Phi) is 4.45. The highest BCUT2D eigenvalue weighted by atomic mass is 79.9. The van der Waals surface area contributed by atoms with Crippen LogP contribution in [0.2, 0.25) is 5.02 Å². The van der Waals surface area contributed by atoms with Crippen molar-refractivity contribution in [2.24, 2.45) is 5.73 Å². The van der Waals surface area contributed by atoms with Crippen molar-refractivity contribution in [3.05, 3.63) is 57.0 Å². The van der Waals surface area contributed by atoms with Crippen LogP contribution in [-0.4, -0.2) is 4.99 Å². The molecule has 0 saturated heterocycles. The molecule has 0 bridgehead atoms. The van der Waals surface area contributed by atoms with Crippen LogP contribution >= 0.6 is 39.7 Å². The van der Waals surface area contributed by atoms with Crippen molar-refractivity contribution in [3.8, 4) is 0 Å². The summed E-state index contributed by atoms with van der Waals surface area (Å²) in [5, 5.41) is 3.94. The minimum atomic E-state index is 0.336. The lowest BCUT2D eigenvalue weighted by Crippen LogP contribution is -2.12. The molecular formula is C14H12BrClN2S. The molecule has 0 unspecified atom stereocenters. The number of nitrogens with two attached hydrogens (primary N) is 1. The van der Waals surface area contributed by atoms with Crippen molar-refractivity contribution in [2.45, 2.75) is 6.92 Å². The molecule has 0 fully saturated rings. The van der Waals surface area contributed by atoms with Gasteiger partial charge >= 0.3 is 0 Å². The van der Waals surface area contributed by atoms with Crippen LogP contribution in [0.25, 0.3) is 0 Å². The minimum Gasteiger partial charge on any atom is -0.389 e. The number of hydrogen-bond donors (Lipinski definition) is 2. The number of anilines is 2. The number of benzene rings is 2. The number of nitrogens with one attached hydrogen (secondary N) is 1. The summed E-state index contributed by atoms with van der Waals surface area (Å²) in [6.07, 6.45) is 0. The highest BCUT2D eigenvalue weighted by Gasteiger charge is 2.09. The summed E-state index contributed by atoms with van der Waals surface area (Å²) in [6.45, 7) is 2.03. The molecule has 2 rings (SSSR count). The lowest BCUT2D eigenvalue weighted by molar-refractivity contribution is 1.41. The van der Waals surface area contributed by atoms with Crippen LogP contribution < -0.4 is 11.1 Å². The van der Waals surface area contributed by atoms with Crippen LogP contribution in [0.15, 0.2) is 40.9 Å². The van der Waals surface area contributed by atoms with Gasteiger partial charge in [-0.3, -0.25) is 0 Å². The number of thiocarbonyl (C=S) groups is 1. The maximum atomic E-state index is 6.02. The Hall–Kier alpha value is -1.10. The normalized spacial score (nSPS) is 10.3. The number of rotatable bonds is 3. The van der Waals surface area contributed by atoms with Gasteiger partial charge in [-0.2, -0.15) is 0 Å². The lowest BCUT2D eigenvalue weighted by Gasteiger charge is -2.14. The molecule has 0 saturated carbocycles. The number of hydrogen-bond acceptors (Lipinski definition) is 2. The van der Waals surface area contributed by atoms with Crippen molar-refractivity contribution >= 4 is 56.1 Å². The first-order valence-electron chi connectivity index (χ1n) is 5.60. The second-order valence-corrected chi connectivity index (χ2v) is 5.78. The summed E-state index contributed by atoms with van der Waals surface area (Å²) in [6, 6.07) is 11.4. The maximum absolute atomic E-state index is 6.02. The van der Waals surface area contributed by atoms with E-state index in [-0.39, 0.29) is 0 Å². The summed E-state index contributed by atoms with van der Waals surface area (Å²) >= 11 is 14.6. The summed E-state index contributed by atoms with van der Waals surface area (Å²) in [4.78, 5) is 0.336. The molecule has 0 spiro atoms. The summed E-state index contributed by atoms with van der Waals surface area (Å²) in [5.41, 5.74) is 9.38. The second-order valence-electron chi connectivity index (χ2n) is 4.12. The van der Waals surface area contributed by atoms with Crippen molar-refractivity contribution < 1.29 is 0 Å². The molecule has 0 atom stereocenters. The Morgan fingerprint density at radius 2 is 2.00 bits per heavy atom. The minimum absolute atomic E-state index is 0.336. The molecule has 3 N–H and O–H groups in total. The van der Waals surface area contributed by atoms with Gasteiger partial charge in [0.25, 0.3) is 0 Å². The zero-order valence-electron chi connectivity index (χ0n) is 10.2. The van der Waals surface area contributed by atoms with E-state index in [2.05, 4.69) is 21.2 Å². The van der Waals surface area contributed by atoms with Crippen molar-refractivity contribution in [1.29, 1.82) is 0 Å². The third-order valence-corrected chi connectivity index (χ3v) is 4.22. The molecule has 0 amide bonds. The van der Waals surface area contributed by atoms with E-state index in [1.165, 1.54) is 0 Å². The molecular weight excluding hydrogens is 344 g/mol. The maximum Gasteiger partial charge on any atom is 0.106 e. The topological polar surface area (TPSA) is 38.0 Å². The predicted molar refractivity (Wildman–Crippen MR) is 89.5 cm³/mol. The molecule has 2 aromatic rings. The summed E-state index contributed by atoms with van der Waals surface area (Å²) < 4.78 is 1.00. The Labute approximate surface area is 131 Å². The monoisotopic (exact) mass is 354 g/mol. The smallest absolute Gasteiger partial charge is 0.106 e. The second kappa shape index (κ2) is 5.90. The van der Waals surface area contributed by atoms with Crippen LogP contribution in [0.1, 0.15) is 11.1 Å². The van der Waals surface area contributed by atoms with E-state index in [0.717, 1.165) is 27.0 Å². The SMILES string of the molecule is Cc1cccc(Nc2cc(Cl)ccc2C(N)=S)c1Br. The predicted octanol–water partition coefficient (Wildman–Crippen LogP) is 4.79. The quantitative estimate of drug-likeness (QED) is 0.778. The van der Waals surface area contributed by atoms with Gasteiger partial charge in [-0.1, -0.05) is 36.0 Å². The van der Waals surface area contributed by atoms with E-state index in [4.69, 9.17) is 29.6 Å². The Balaban J connectivity index is 2.45. The largest absolute Gasteiger partial charge is 0.389 e.